The zero-order chi connectivity index (χ0) is 28.6. The van der Waals surface area contributed by atoms with Gasteiger partial charge >= 0.3 is 0 Å². The highest BCUT2D eigenvalue weighted by Gasteiger charge is 2.44. The Hall–Kier alpha value is -4.17. The predicted octanol–water partition coefficient (Wildman–Crippen LogP) is 6.82. The predicted molar refractivity (Wildman–Crippen MR) is 161 cm³/mol. The lowest BCUT2D eigenvalue weighted by atomic mass is 9.77. The summed E-state index contributed by atoms with van der Waals surface area (Å²) in [4.78, 5) is 29.0. The molecule has 2 aliphatic rings. The van der Waals surface area contributed by atoms with Gasteiger partial charge in [-0.05, 0) is 72.4 Å². The smallest absolute Gasteiger partial charge is 0.276 e. The van der Waals surface area contributed by atoms with E-state index in [9.17, 15) is 14.9 Å². The third kappa shape index (κ3) is 5.31. The summed E-state index contributed by atoms with van der Waals surface area (Å²) in [7, 11) is 7.98. The average Bonchev–Trinajstić information content (AvgIpc) is 3.34. The van der Waals surface area contributed by atoms with Gasteiger partial charge in [-0.1, -0.05) is 35.9 Å². The van der Waals surface area contributed by atoms with Gasteiger partial charge in [0.25, 0.3) is 11.6 Å². The van der Waals surface area contributed by atoms with E-state index in [4.69, 9.17) is 16.7 Å². The van der Waals surface area contributed by atoms with Crippen LogP contribution in [0.1, 0.15) is 46.8 Å². The summed E-state index contributed by atoms with van der Waals surface area (Å²) < 4.78 is 0. The van der Waals surface area contributed by atoms with Crippen LogP contribution in [-0.2, 0) is 0 Å². The number of halogens is 1. The summed E-state index contributed by atoms with van der Waals surface area (Å²) in [6, 6.07) is 20.0. The first-order chi connectivity index (χ1) is 19.1. The molecule has 3 aromatic rings. The zero-order valence-corrected chi connectivity index (χ0v) is 23.8. The third-order valence-electron chi connectivity index (χ3n) is 7.60. The molecule has 1 aliphatic heterocycles. The lowest BCUT2D eigenvalue weighted by molar-refractivity contribution is -0.384. The van der Waals surface area contributed by atoms with Crippen LogP contribution in [0.15, 0.2) is 77.4 Å². The topological polar surface area (TPSA) is 82.3 Å². The molecule has 5 rings (SSSR count). The first-order valence-electron chi connectivity index (χ1n) is 13.3. The fourth-order valence-corrected chi connectivity index (χ4v) is 5.65. The number of carbonyl (C=O) groups excluding carboxylic acids is 1. The summed E-state index contributed by atoms with van der Waals surface area (Å²) in [5.74, 6) is -0.459. The first-order valence-corrected chi connectivity index (χ1v) is 13.6. The maximum Gasteiger partial charge on any atom is 0.276 e. The van der Waals surface area contributed by atoms with Crippen molar-refractivity contribution in [2.45, 2.75) is 25.3 Å². The highest BCUT2D eigenvalue weighted by Crippen LogP contribution is 2.45. The van der Waals surface area contributed by atoms with Gasteiger partial charge in [0.1, 0.15) is 0 Å². The molecule has 0 spiro atoms. The van der Waals surface area contributed by atoms with E-state index in [2.05, 4.69) is 35.2 Å². The molecule has 0 radical (unpaired) electrons. The van der Waals surface area contributed by atoms with Crippen LogP contribution >= 0.6 is 11.6 Å². The van der Waals surface area contributed by atoms with Crippen molar-refractivity contribution >= 4 is 46.4 Å². The van der Waals surface area contributed by atoms with Crippen LogP contribution in [0.25, 0.3) is 6.08 Å². The van der Waals surface area contributed by atoms with E-state index >= 15 is 0 Å². The number of hydrogen-bond donors (Lipinski definition) is 0. The number of benzene rings is 3. The van der Waals surface area contributed by atoms with E-state index in [1.807, 2.05) is 57.4 Å². The van der Waals surface area contributed by atoms with Gasteiger partial charge in [0.15, 0.2) is 0 Å². The lowest BCUT2D eigenvalue weighted by Gasteiger charge is -2.30. The van der Waals surface area contributed by atoms with Gasteiger partial charge in [-0.25, -0.2) is 5.01 Å². The molecule has 0 N–H and O–H groups in total. The Morgan fingerprint density at radius 1 is 1.00 bits per heavy atom. The number of carbonyl (C=O) groups is 1. The maximum absolute atomic E-state index is 14.0. The molecule has 2 atom stereocenters. The second-order valence-electron chi connectivity index (χ2n) is 10.6. The number of fused-ring (bicyclic) bond motifs is 1. The van der Waals surface area contributed by atoms with Crippen LogP contribution in [0.2, 0.25) is 5.02 Å². The number of allylic oxidation sites excluding steroid dienone is 1. The number of nitro groups is 1. The van der Waals surface area contributed by atoms with Gasteiger partial charge in [0.2, 0.25) is 0 Å². The van der Waals surface area contributed by atoms with Crippen molar-refractivity contribution in [2.24, 2.45) is 11.0 Å². The quantitative estimate of drug-likeness (QED) is 0.245. The molecule has 1 fully saturated rings. The molecular formula is C31H32ClN5O3. The summed E-state index contributed by atoms with van der Waals surface area (Å²) >= 11 is 6.41. The van der Waals surface area contributed by atoms with E-state index in [0.717, 1.165) is 53.0 Å². The lowest BCUT2D eigenvalue weighted by Crippen LogP contribution is -2.32. The summed E-state index contributed by atoms with van der Waals surface area (Å²) in [6.07, 6.45) is 4.86. The molecule has 8 nitrogen and oxygen atoms in total. The largest absolute Gasteiger partial charge is 0.378 e. The molecule has 1 aliphatic carbocycles. The second-order valence-corrected chi connectivity index (χ2v) is 11.0. The van der Waals surface area contributed by atoms with Crippen molar-refractivity contribution < 1.29 is 9.72 Å². The Labute approximate surface area is 239 Å². The van der Waals surface area contributed by atoms with Crippen LogP contribution in [0.4, 0.5) is 17.1 Å². The minimum atomic E-state index is -0.525. The van der Waals surface area contributed by atoms with Crippen LogP contribution in [0.5, 0.6) is 0 Å². The normalized spacial score (nSPS) is 19.3. The second kappa shape index (κ2) is 11.1. The van der Waals surface area contributed by atoms with Crippen molar-refractivity contribution in [1.82, 2.24) is 5.01 Å². The van der Waals surface area contributed by atoms with Gasteiger partial charge in [-0.3, -0.25) is 14.9 Å². The van der Waals surface area contributed by atoms with E-state index in [0.29, 0.717) is 0 Å². The molecule has 3 aromatic carbocycles. The van der Waals surface area contributed by atoms with E-state index in [1.54, 1.807) is 0 Å². The number of hydrogen-bond acceptors (Lipinski definition) is 6. The van der Waals surface area contributed by atoms with Crippen LogP contribution in [0, 0.1) is 16.0 Å². The number of hydrazone groups is 1. The fourth-order valence-electron chi connectivity index (χ4n) is 5.45. The highest BCUT2D eigenvalue weighted by molar-refractivity contribution is 6.34. The SMILES string of the molecule is CN(C)c1ccc(/C=C2\CCCC3C2=NN(C(=O)c2cc([N+](=O)[O-])ccc2Cl)C3c2ccc(N(C)C)cc2)cc1. The standard InChI is InChI=1S/C31H32ClN5O3/c1-34(2)23-12-8-20(9-13-23)18-22-6-5-7-26-29(22)33-36(30(26)21-10-14-24(15-11-21)35(3)4)31(38)27-19-25(37(39)40)16-17-28(27)32/h8-19,26,30H,5-7H2,1-4H3/b22-18+. The molecule has 9 heteroatoms. The number of nitrogens with zero attached hydrogens (tertiary/aromatic N) is 5. The molecule has 206 valence electrons. The van der Waals surface area contributed by atoms with Crippen LogP contribution < -0.4 is 9.80 Å². The number of amides is 1. The van der Waals surface area contributed by atoms with Crippen molar-refractivity contribution in [2.75, 3.05) is 38.0 Å². The monoisotopic (exact) mass is 557 g/mol. The summed E-state index contributed by atoms with van der Waals surface area (Å²) in [6.45, 7) is 0. The first kappa shape index (κ1) is 27.4. The molecule has 1 heterocycles. The van der Waals surface area contributed by atoms with Crippen molar-refractivity contribution in [3.63, 3.8) is 0 Å². The van der Waals surface area contributed by atoms with Crippen LogP contribution in [0.3, 0.4) is 0 Å². The Bertz CT molecular complexity index is 1500. The molecule has 1 saturated carbocycles. The summed E-state index contributed by atoms with van der Waals surface area (Å²) in [5, 5.41) is 18.0. The minimum absolute atomic E-state index is 0.00678. The Morgan fingerprint density at radius 3 is 2.23 bits per heavy atom. The fraction of sp³-hybridized carbons (Fsp3) is 0.290. The molecule has 0 saturated heterocycles. The molecule has 0 bridgehead atoms. The van der Waals surface area contributed by atoms with Gasteiger partial charge in [-0.2, -0.15) is 5.10 Å². The van der Waals surface area contributed by atoms with Gasteiger partial charge in [0, 0.05) is 57.6 Å². The van der Waals surface area contributed by atoms with E-state index in [1.165, 1.54) is 23.2 Å². The Morgan fingerprint density at radius 2 is 1.62 bits per heavy atom. The van der Waals surface area contributed by atoms with Gasteiger partial charge < -0.3 is 9.80 Å². The number of nitro benzene ring substituents is 1. The van der Waals surface area contributed by atoms with Gasteiger partial charge in [0.05, 0.1) is 27.3 Å². The molecule has 2 unspecified atom stereocenters. The number of non-ortho nitro benzene ring substituents is 1. The molecule has 40 heavy (non-hydrogen) atoms. The Balaban J connectivity index is 1.58. The van der Waals surface area contributed by atoms with Gasteiger partial charge in [-0.15, -0.1) is 0 Å². The van der Waals surface area contributed by atoms with Crippen molar-refractivity contribution in [1.29, 1.82) is 0 Å². The zero-order valence-electron chi connectivity index (χ0n) is 23.0. The Kier molecular flexibility index (Phi) is 7.63. The van der Waals surface area contributed by atoms with Crippen molar-refractivity contribution in [3.05, 3.63) is 104 Å². The minimum Gasteiger partial charge on any atom is -0.378 e. The number of anilines is 2. The van der Waals surface area contributed by atoms with E-state index < -0.39 is 10.8 Å². The third-order valence-corrected chi connectivity index (χ3v) is 7.93. The highest BCUT2D eigenvalue weighted by atomic mass is 35.5. The average molecular weight is 558 g/mol. The molecule has 1 amide bonds. The molecule has 0 aromatic heterocycles. The van der Waals surface area contributed by atoms with Crippen LogP contribution in [-0.4, -0.2) is 49.7 Å². The maximum atomic E-state index is 14.0. The van der Waals surface area contributed by atoms with Crippen molar-refractivity contribution in [3.8, 4) is 0 Å². The number of rotatable bonds is 6. The van der Waals surface area contributed by atoms with E-state index in [-0.39, 0.29) is 28.2 Å². The molecular weight excluding hydrogens is 526 g/mol. The summed E-state index contributed by atoms with van der Waals surface area (Å²) in [5.41, 5.74) is 6.07.